The molecule has 1 amide bonds. The van der Waals surface area contributed by atoms with Gasteiger partial charge in [0.1, 0.15) is 5.82 Å². The number of nitrogens with one attached hydrogen (secondary N) is 1. The van der Waals surface area contributed by atoms with E-state index >= 15 is 0 Å². The number of aryl methyl sites for hydroxylation is 1. The van der Waals surface area contributed by atoms with Crippen molar-refractivity contribution in [2.75, 3.05) is 11.1 Å². The number of rotatable bonds is 2. The highest BCUT2D eigenvalue weighted by molar-refractivity contribution is 9.11. The van der Waals surface area contributed by atoms with Crippen LogP contribution in [0.1, 0.15) is 15.9 Å². The van der Waals surface area contributed by atoms with Crippen molar-refractivity contribution in [1.82, 2.24) is 4.98 Å². The van der Waals surface area contributed by atoms with Gasteiger partial charge in [-0.3, -0.25) is 4.79 Å². The molecule has 0 unspecified atom stereocenters. The van der Waals surface area contributed by atoms with Crippen LogP contribution in [0.2, 0.25) is 0 Å². The number of hydrogen-bond donors (Lipinski definition) is 2. The number of nitrogens with two attached hydrogens (primary N) is 1. The maximum absolute atomic E-state index is 11.9. The Hall–Kier alpha value is -1.40. The van der Waals surface area contributed by atoms with Gasteiger partial charge in [-0.25, -0.2) is 4.98 Å². The fourth-order valence-corrected chi connectivity index (χ4v) is 2.47. The summed E-state index contributed by atoms with van der Waals surface area (Å²) in [5.41, 5.74) is 7.63. The van der Waals surface area contributed by atoms with Gasteiger partial charge in [-0.2, -0.15) is 0 Å². The summed E-state index contributed by atoms with van der Waals surface area (Å²) in [5.74, 6) is 0.360. The number of nitrogen functional groups attached to an aromatic ring is 1. The molecule has 0 aliphatic carbocycles. The summed E-state index contributed by atoms with van der Waals surface area (Å²) in [4.78, 5) is 16.0. The first-order valence-corrected chi connectivity index (χ1v) is 6.51. The number of hydrogen-bond acceptors (Lipinski definition) is 4. The van der Waals surface area contributed by atoms with Crippen molar-refractivity contribution >= 4 is 44.7 Å². The van der Waals surface area contributed by atoms with Crippen molar-refractivity contribution in [1.29, 1.82) is 0 Å². The number of thiophene rings is 1. The van der Waals surface area contributed by atoms with Gasteiger partial charge in [-0.15, -0.1) is 11.3 Å². The standard InChI is InChI=1S/C11H10BrN3OS/c1-6-2-8(13)4-14-10(6)15-11(16)7-3-9(12)17-5-7/h2-5H,13H2,1H3,(H,14,15,16). The third-order valence-corrected chi connectivity index (χ3v) is 3.67. The molecule has 88 valence electrons. The van der Waals surface area contributed by atoms with Crippen LogP contribution in [0.25, 0.3) is 0 Å². The molecule has 3 N–H and O–H groups in total. The molecular weight excluding hydrogens is 302 g/mol. The van der Waals surface area contributed by atoms with Gasteiger partial charge in [0, 0.05) is 5.38 Å². The number of amides is 1. The van der Waals surface area contributed by atoms with E-state index in [2.05, 4.69) is 26.2 Å². The van der Waals surface area contributed by atoms with Crippen molar-refractivity contribution in [3.8, 4) is 0 Å². The maximum atomic E-state index is 11.9. The highest BCUT2D eigenvalue weighted by Crippen LogP contribution is 2.22. The number of anilines is 2. The average molecular weight is 312 g/mol. The van der Waals surface area contributed by atoms with Gasteiger partial charge in [0.25, 0.3) is 5.91 Å². The zero-order valence-corrected chi connectivity index (χ0v) is 11.4. The number of pyridine rings is 1. The molecule has 0 bridgehead atoms. The molecule has 0 saturated heterocycles. The molecule has 6 heteroatoms. The highest BCUT2D eigenvalue weighted by atomic mass is 79.9. The van der Waals surface area contributed by atoms with E-state index < -0.39 is 0 Å². The fourth-order valence-electron chi connectivity index (χ4n) is 1.34. The largest absolute Gasteiger partial charge is 0.397 e. The Balaban J connectivity index is 2.18. The van der Waals surface area contributed by atoms with Crippen LogP contribution in [0.5, 0.6) is 0 Å². The Kier molecular flexibility index (Phi) is 3.44. The number of halogens is 1. The minimum Gasteiger partial charge on any atom is -0.397 e. The zero-order valence-electron chi connectivity index (χ0n) is 9.03. The molecule has 0 aromatic carbocycles. The van der Waals surface area contributed by atoms with Crippen molar-refractivity contribution in [3.63, 3.8) is 0 Å². The first-order chi connectivity index (χ1) is 8.06. The van der Waals surface area contributed by atoms with E-state index in [0.29, 0.717) is 17.1 Å². The Labute approximate surface area is 111 Å². The van der Waals surface area contributed by atoms with E-state index in [9.17, 15) is 4.79 Å². The van der Waals surface area contributed by atoms with Crippen LogP contribution >= 0.6 is 27.3 Å². The minimum absolute atomic E-state index is 0.174. The van der Waals surface area contributed by atoms with Crippen molar-refractivity contribution < 1.29 is 4.79 Å². The lowest BCUT2D eigenvalue weighted by atomic mass is 10.2. The quantitative estimate of drug-likeness (QED) is 0.895. The smallest absolute Gasteiger partial charge is 0.257 e. The second-order valence-corrected chi connectivity index (χ2v) is 5.82. The summed E-state index contributed by atoms with van der Waals surface area (Å²) in [6, 6.07) is 3.54. The van der Waals surface area contributed by atoms with Crippen LogP contribution in [0.15, 0.2) is 27.5 Å². The fraction of sp³-hybridized carbons (Fsp3) is 0.0909. The SMILES string of the molecule is Cc1cc(N)cnc1NC(=O)c1csc(Br)c1. The summed E-state index contributed by atoms with van der Waals surface area (Å²) < 4.78 is 0.921. The third-order valence-electron chi connectivity index (χ3n) is 2.16. The highest BCUT2D eigenvalue weighted by Gasteiger charge is 2.10. The molecule has 0 radical (unpaired) electrons. The lowest BCUT2D eigenvalue weighted by Crippen LogP contribution is -2.13. The van der Waals surface area contributed by atoms with Gasteiger partial charge in [-0.05, 0) is 40.5 Å². The summed E-state index contributed by atoms with van der Waals surface area (Å²) in [7, 11) is 0. The molecule has 2 heterocycles. The summed E-state index contributed by atoms with van der Waals surface area (Å²) in [6.07, 6.45) is 1.52. The number of carbonyl (C=O) groups excluding carboxylic acids is 1. The molecule has 17 heavy (non-hydrogen) atoms. The van der Waals surface area contributed by atoms with Gasteiger partial charge < -0.3 is 11.1 Å². The molecule has 0 saturated carbocycles. The van der Waals surface area contributed by atoms with Crippen molar-refractivity contribution in [2.45, 2.75) is 6.92 Å². The predicted octanol–water partition coefficient (Wildman–Crippen LogP) is 3.05. The molecule has 0 spiro atoms. The van der Waals surface area contributed by atoms with E-state index in [1.165, 1.54) is 17.5 Å². The van der Waals surface area contributed by atoms with E-state index in [4.69, 9.17) is 5.73 Å². The monoisotopic (exact) mass is 311 g/mol. The second-order valence-electron chi connectivity index (χ2n) is 3.53. The van der Waals surface area contributed by atoms with Crippen LogP contribution in [0, 0.1) is 6.92 Å². The molecule has 0 fully saturated rings. The Morgan fingerprint density at radius 2 is 2.29 bits per heavy atom. The van der Waals surface area contributed by atoms with Gasteiger partial charge in [0.15, 0.2) is 0 Å². The van der Waals surface area contributed by atoms with E-state index in [0.717, 1.165) is 9.35 Å². The van der Waals surface area contributed by atoms with Gasteiger partial charge in [0.05, 0.1) is 21.2 Å². The minimum atomic E-state index is -0.174. The molecule has 0 aliphatic rings. The van der Waals surface area contributed by atoms with Crippen LogP contribution in [0.4, 0.5) is 11.5 Å². The van der Waals surface area contributed by atoms with E-state index in [1.807, 2.05) is 6.92 Å². The van der Waals surface area contributed by atoms with E-state index in [1.54, 1.807) is 17.5 Å². The number of aromatic nitrogens is 1. The lowest BCUT2D eigenvalue weighted by Gasteiger charge is -2.06. The topological polar surface area (TPSA) is 68.0 Å². The van der Waals surface area contributed by atoms with Crippen LogP contribution in [-0.4, -0.2) is 10.9 Å². The van der Waals surface area contributed by atoms with Gasteiger partial charge in [0.2, 0.25) is 0 Å². The molecule has 4 nitrogen and oxygen atoms in total. The summed E-state index contributed by atoms with van der Waals surface area (Å²) in [5, 5.41) is 4.53. The van der Waals surface area contributed by atoms with E-state index in [-0.39, 0.29) is 5.91 Å². The Morgan fingerprint density at radius 1 is 1.53 bits per heavy atom. The molecule has 0 atom stereocenters. The first kappa shape index (κ1) is 12.1. The van der Waals surface area contributed by atoms with Crippen LogP contribution in [-0.2, 0) is 0 Å². The number of carbonyl (C=O) groups is 1. The molecule has 2 aromatic rings. The first-order valence-electron chi connectivity index (χ1n) is 4.84. The molecular formula is C11H10BrN3OS. The summed E-state index contributed by atoms with van der Waals surface area (Å²) in [6.45, 7) is 1.85. The second kappa shape index (κ2) is 4.85. The number of nitrogens with zero attached hydrogens (tertiary/aromatic N) is 1. The Bertz CT molecular complexity index is 568. The van der Waals surface area contributed by atoms with Gasteiger partial charge in [-0.1, -0.05) is 0 Å². The van der Waals surface area contributed by atoms with Crippen molar-refractivity contribution in [3.05, 3.63) is 38.6 Å². The molecule has 0 aliphatic heterocycles. The van der Waals surface area contributed by atoms with Gasteiger partial charge >= 0.3 is 0 Å². The maximum Gasteiger partial charge on any atom is 0.257 e. The zero-order chi connectivity index (χ0) is 12.4. The van der Waals surface area contributed by atoms with Crippen molar-refractivity contribution in [2.24, 2.45) is 0 Å². The molecule has 2 rings (SSSR count). The van der Waals surface area contributed by atoms with Crippen LogP contribution in [0.3, 0.4) is 0 Å². The predicted molar refractivity (Wildman–Crippen MR) is 73.4 cm³/mol. The average Bonchev–Trinajstić information content (AvgIpc) is 2.69. The van der Waals surface area contributed by atoms with Crippen LogP contribution < -0.4 is 11.1 Å². The Morgan fingerprint density at radius 3 is 2.88 bits per heavy atom. The summed E-state index contributed by atoms with van der Waals surface area (Å²) >= 11 is 4.78. The third kappa shape index (κ3) is 2.83. The molecule has 2 aromatic heterocycles. The lowest BCUT2D eigenvalue weighted by molar-refractivity contribution is 0.102. The normalized spacial score (nSPS) is 10.2.